The van der Waals surface area contributed by atoms with Crippen LogP contribution in [0.2, 0.25) is 0 Å². The molecule has 3 nitrogen and oxygen atoms in total. The van der Waals surface area contributed by atoms with Gasteiger partial charge in [0, 0.05) is 0 Å². The minimum atomic E-state index is -5.10. The van der Waals surface area contributed by atoms with Gasteiger partial charge >= 0.3 is 6.98 Å². The van der Waals surface area contributed by atoms with Gasteiger partial charge < -0.3 is 27.2 Å². The minimum Gasteiger partial charge on any atom is -0.493 e. The van der Waals surface area contributed by atoms with E-state index in [1.54, 1.807) is 18.2 Å². The Kier molecular flexibility index (Phi) is 4.52. The van der Waals surface area contributed by atoms with Crippen LogP contribution in [0, 0.1) is 0 Å². The van der Waals surface area contributed by atoms with Crippen molar-refractivity contribution in [3.63, 3.8) is 0 Å². The van der Waals surface area contributed by atoms with E-state index < -0.39 is 19.1 Å². The number of benzene rings is 1. The largest absolute Gasteiger partial charge is 0.508 e. The van der Waals surface area contributed by atoms with Crippen molar-refractivity contribution in [2.45, 2.75) is 0 Å². The Labute approximate surface area is 103 Å². The second kappa shape index (κ2) is 5.70. The van der Waals surface area contributed by atoms with Gasteiger partial charge in [0.25, 0.3) is 0 Å². The molecule has 0 heterocycles. The van der Waals surface area contributed by atoms with E-state index in [9.17, 15) is 12.9 Å². The van der Waals surface area contributed by atoms with Crippen LogP contribution in [0.25, 0.3) is 0 Å². The van der Waals surface area contributed by atoms with Crippen molar-refractivity contribution in [3.05, 3.63) is 30.3 Å². The average Bonchev–Trinajstić information content (AvgIpc) is 2.34. The summed E-state index contributed by atoms with van der Waals surface area (Å²) >= 11 is 0. The van der Waals surface area contributed by atoms with Gasteiger partial charge in [-0.15, -0.1) is 12.1 Å². The molecule has 0 saturated carbocycles. The number of rotatable bonds is 6. The predicted octanol–water partition coefficient (Wildman–Crippen LogP) is 3.03. The summed E-state index contributed by atoms with van der Waals surface area (Å²) in [7, 11) is 2.79. The van der Waals surface area contributed by atoms with Gasteiger partial charge in [0.2, 0.25) is 5.75 Å². The zero-order valence-corrected chi connectivity index (χ0v) is 10.1. The maximum Gasteiger partial charge on any atom is 0.508 e. The van der Waals surface area contributed by atoms with Crippen LogP contribution in [0.3, 0.4) is 0 Å². The third-order valence-corrected chi connectivity index (χ3v) is 2.25. The van der Waals surface area contributed by atoms with E-state index >= 15 is 0 Å². The van der Waals surface area contributed by atoms with Gasteiger partial charge in [-0.25, -0.2) is 0 Å². The molecule has 0 fully saturated rings. The second-order valence-electron chi connectivity index (χ2n) is 3.51. The lowest BCUT2D eigenvalue weighted by Crippen LogP contribution is -2.23. The Balaban J connectivity index is 2.87. The van der Waals surface area contributed by atoms with Gasteiger partial charge in [-0.05, 0) is 12.1 Å². The average molecular weight is 261 g/mol. The van der Waals surface area contributed by atoms with E-state index in [2.05, 4.69) is 6.58 Å². The Hall–Kier alpha value is -1.79. The van der Waals surface area contributed by atoms with Gasteiger partial charge in [0.1, 0.15) is 0 Å². The zero-order chi connectivity index (χ0) is 13.8. The molecule has 0 unspecified atom stereocenters. The molecule has 0 atom stereocenters. The summed E-state index contributed by atoms with van der Waals surface area (Å²) in [6.45, 7) is -2.81. The highest BCUT2D eigenvalue weighted by atomic mass is 19.4. The summed E-state index contributed by atoms with van der Waals surface area (Å²) in [4.78, 5) is 0. The molecule has 0 aliphatic heterocycles. The highest BCUT2D eigenvalue weighted by molar-refractivity contribution is 6.66. The van der Waals surface area contributed by atoms with E-state index in [0.717, 1.165) is 0 Å². The van der Waals surface area contributed by atoms with Crippen LogP contribution < -0.4 is 14.2 Å². The van der Waals surface area contributed by atoms with Gasteiger partial charge in [-0.1, -0.05) is 6.07 Å². The van der Waals surface area contributed by atoms with Crippen LogP contribution in [0.5, 0.6) is 17.2 Å². The molecule has 7 heteroatoms. The second-order valence-corrected chi connectivity index (χ2v) is 3.51. The van der Waals surface area contributed by atoms with Crippen LogP contribution in [0.4, 0.5) is 12.9 Å². The monoisotopic (exact) mass is 261 g/mol. The quantitative estimate of drug-likeness (QED) is 0.736. The molecule has 0 aliphatic carbocycles. The molecule has 100 valence electrons. The summed E-state index contributed by atoms with van der Waals surface area (Å²) in [5.74, 6) is 0.734. The highest BCUT2D eigenvalue weighted by Gasteiger charge is 2.27. The summed E-state index contributed by atoms with van der Waals surface area (Å²) in [5, 5.41) is 0. The topological polar surface area (TPSA) is 27.7 Å². The van der Waals surface area contributed by atoms with Crippen LogP contribution in [-0.4, -0.2) is 27.8 Å². The normalized spacial score (nSPS) is 10.9. The van der Waals surface area contributed by atoms with Crippen molar-refractivity contribution in [3.8, 4) is 17.2 Å². The Morgan fingerprint density at radius 3 is 2.06 bits per heavy atom. The molecule has 18 heavy (non-hydrogen) atoms. The molecule has 1 rings (SSSR count). The molecule has 0 radical (unpaired) electrons. The smallest absolute Gasteiger partial charge is 0.493 e. The van der Waals surface area contributed by atoms with E-state index in [-0.39, 0.29) is 5.75 Å². The third-order valence-electron chi connectivity index (χ3n) is 2.25. The summed E-state index contributed by atoms with van der Waals surface area (Å²) in [5.41, 5.74) is -0.914. The fourth-order valence-electron chi connectivity index (χ4n) is 1.22. The first-order chi connectivity index (χ1) is 8.40. The fourth-order valence-corrected chi connectivity index (χ4v) is 1.22. The van der Waals surface area contributed by atoms with E-state index in [0.29, 0.717) is 11.5 Å². The van der Waals surface area contributed by atoms with Crippen molar-refractivity contribution in [1.29, 1.82) is 0 Å². The zero-order valence-electron chi connectivity index (χ0n) is 10.1. The maximum atomic E-state index is 12.3. The molecule has 1 aromatic carbocycles. The molecule has 0 aliphatic rings. The number of hydrogen-bond acceptors (Lipinski definition) is 3. The highest BCUT2D eigenvalue weighted by Crippen LogP contribution is 2.37. The van der Waals surface area contributed by atoms with Gasteiger partial charge in [-0.3, -0.25) is 0 Å². The Bertz CT molecular complexity index is 410. The molecule has 0 saturated heterocycles. The maximum absolute atomic E-state index is 12.3. The summed E-state index contributed by atoms with van der Waals surface area (Å²) in [6, 6.07) is 4.78. The van der Waals surface area contributed by atoms with Crippen LogP contribution in [-0.2, 0) is 0 Å². The van der Waals surface area contributed by atoms with Crippen molar-refractivity contribution >= 4 is 6.98 Å². The van der Waals surface area contributed by atoms with Crippen LogP contribution >= 0.6 is 0 Å². The molecular formula is C11H13BF3O3-. The number of ether oxygens (including phenoxy) is 3. The van der Waals surface area contributed by atoms with Crippen molar-refractivity contribution in [2.75, 3.05) is 20.8 Å². The minimum absolute atomic E-state index is 0.128. The van der Waals surface area contributed by atoms with Crippen molar-refractivity contribution in [1.82, 2.24) is 0 Å². The summed E-state index contributed by atoms with van der Waals surface area (Å²) < 4.78 is 52.1. The van der Waals surface area contributed by atoms with Gasteiger partial charge in [-0.2, -0.15) is 0 Å². The van der Waals surface area contributed by atoms with E-state index in [4.69, 9.17) is 14.2 Å². The first kappa shape index (κ1) is 14.3. The van der Waals surface area contributed by atoms with E-state index in [1.807, 2.05) is 0 Å². The molecule has 0 bridgehead atoms. The van der Waals surface area contributed by atoms with Crippen LogP contribution in [0.1, 0.15) is 0 Å². The first-order valence-electron chi connectivity index (χ1n) is 5.11. The number of halogens is 3. The lowest BCUT2D eigenvalue weighted by Gasteiger charge is -2.20. The van der Waals surface area contributed by atoms with Gasteiger partial charge in [0.05, 0.1) is 20.8 Å². The Morgan fingerprint density at radius 2 is 1.67 bits per heavy atom. The lowest BCUT2D eigenvalue weighted by molar-refractivity contribution is 0.294. The molecular weight excluding hydrogens is 248 g/mol. The molecule has 0 spiro atoms. The molecule has 0 amide bonds. The third kappa shape index (κ3) is 3.35. The fraction of sp³-hybridized carbons (Fsp3) is 0.273. The van der Waals surface area contributed by atoms with Gasteiger partial charge in [0.15, 0.2) is 11.5 Å². The molecule has 0 aromatic heterocycles. The standard InChI is InChI=1S/C11H13BF3O3/c1-8(12(13,14)15)7-18-11-9(16-2)5-4-6-10(11)17-3/h4-6H,1,7H2,2-3H3/q-1. The summed E-state index contributed by atoms with van der Waals surface area (Å²) in [6.07, 6.45) is 0. The number of methoxy groups -OCH3 is 2. The Morgan fingerprint density at radius 1 is 1.17 bits per heavy atom. The van der Waals surface area contributed by atoms with E-state index in [1.165, 1.54) is 14.2 Å². The molecule has 1 aromatic rings. The van der Waals surface area contributed by atoms with Crippen molar-refractivity contribution in [2.24, 2.45) is 0 Å². The van der Waals surface area contributed by atoms with Crippen molar-refractivity contribution < 1.29 is 27.2 Å². The first-order valence-corrected chi connectivity index (χ1v) is 5.11. The number of para-hydroxylation sites is 1. The lowest BCUT2D eigenvalue weighted by atomic mass is 9.81. The molecule has 0 N–H and O–H groups in total. The number of hydrogen-bond donors (Lipinski definition) is 0. The predicted molar refractivity (Wildman–Crippen MR) is 63.3 cm³/mol. The SMILES string of the molecule is C=C(COc1c(OC)cccc1OC)[B-](F)(F)F. The van der Waals surface area contributed by atoms with Crippen LogP contribution in [0.15, 0.2) is 30.3 Å².